The van der Waals surface area contributed by atoms with Crippen molar-refractivity contribution in [3.8, 4) is 0 Å². The van der Waals surface area contributed by atoms with Crippen molar-refractivity contribution in [2.45, 2.75) is 26.3 Å². The number of nitrogens with zero attached hydrogens (tertiary/aromatic N) is 1. The lowest BCUT2D eigenvalue weighted by Gasteiger charge is -2.30. The fourth-order valence-corrected chi connectivity index (χ4v) is 2.52. The molecular weight excluding hydrogens is 233 g/mol. The van der Waals surface area contributed by atoms with Gasteiger partial charge in [-0.2, -0.15) is 0 Å². The number of carboxylic acids is 1. The highest BCUT2D eigenvalue weighted by Crippen LogP contribution is 2.19. The summed E-state index contributed by atoms with van der Waals surface area (Å²) in [7, 11) is 0. The smallest absolute Gasteiger partial charge is 0.338 e. The minimum atomic E-state index is -1.22. The summed E-state index contributed by atoms with van der Waals surface area (Å²) in [5, 5.41) is 8.76. The van der Waals surface area contributed by atoms with Crippen LogP contribution in [-0.4, -0.2) is 29.1 Å². The van der Waals surface area contributed by atoms with Crippen LogP contribution in [-0.2, 0) is 6.54 Å². The van der Waals surface area contributed by atoms with Crippen LogP contribution in [0, 0.1) is 11.7 Å². The van der Waals surface area contributed by atoms with Crippen LogP contribution in [0.25, 0.3) is 0 Å². The van der Waals surface area contributed by atoms with E-state index in [9.17, 15) is 9.18 Å². The van der Waals surface area contributed by atoms with Crippen LogP contribution >= 0.6 is 0 Å². The van der Waals surface area contributed by atoms with Crippen LogP contribution in [0.1, 0.15) is 35.7 Å². The van der Waals surface area contributed by atoms with Gasteiger partial charge in [-0.15, -0.1) is 0 Å². The molecular formula is C14H18FNO2. The molecule has 1 aromatic carbocycles. The molecule has 0 aromatic heterocycles. The molecule has 1 aliphatic rings. The zero-order chi connectivity index (χ0) is 13.1. The summed E-state index contributed by atoms with van der Waals surface area (Å²) in [4.78, 5) is 13.0. The Kier molecular flexibility index (Phi) is 3.97. The normalized spacial score (nSPS) is 20.9. The average molecular weight is 251 g/mol. The molecule has 98 valence electrons. The lowest BCUT2D eigenvalue weighted by Crippen LogP contribution is -2.33. The molecule has 1 aliphatic heterocycles. The minimum Gasteiger partial charge on any atom is -0.478 e. The Balaban J connectivity index is 2.05. The van der Waals surface area contributed by atoms with Crippen molar-refractivity contribution in [3.63, 3.8) is 0 Å². The van der Waals surface area contributed by atoms with Gasteiger partial charge in [0, 0.05) is 13.1 Å². The van der Waals surface area contributed by atoms with Gasteiger partial charge in [-0.05, 0) is 43.0 Å². The zero-order valence-electron chi connectivity index (χ0n) is 10.5. The van der Waals surface area contributed by atoms with Crippen LogP contribution < -0.4 is 0 Å². The highest BCUT2D eigenvalue weighted by atomic mass is 19.1. The van der Waals surface area contributed by atoms with Gasteiger partial charge in [0.05, 0.1) is 5.56 Å². The van der Waals surface area contributed by atoms with Gasteiger partial charge in [0.25, 0.3) is 0 Å². The third-order valence-electron chi connectivity index (χ3n) is 3.41. The third kappa shape index (κ3) is 3.07. The van der Waals surface area contributed by atoms with Crippen LogP contribution in [0.15, 0.2) is 18.2 Å². The molecule has 0 saturated carbocycles. The predicted octanol–water partition coefficient (Wildman–Crippen LogP) is 2.76. The number of carbonyl (C=O) groups is 1. The number of hydrogen-bond acceptors (Lipinski definition) is 2. The number of likely N-dealkylation sites (tertiary alicyclic amines) is 1. The van der Waals surface area contributed by atoms with Gasteiger partial charge in [0.15, 0.2) is 0 Å². The van der Waals surface area contributed by atoms with Crippen molar-refractivity contribution in [3.05, 3.63) is 35.1 Å². The van der Waals surface area contributed by atoms with E-state index >= 15 is 0 Å². The molecule has 0 spiro atoms. The maximum atomic E-state index is 13.5. The van der Waals surface area contributed by atoms with E-state index in [-0.39, 0.29) is 5.56 Å². The molecule has 1 atom stereocenters. The Morgan fingerprint density at radius 3 is 2.94 bits per heavy atom. The number of rotatable bonds is 3. The Hall–Kier alpha value is -1.42. The van der Waals surface area contributed by atoms with E-state index < -0.39 is 11.8 Å². The predicted molar refractivity (Wildman–Crippen MR) is 67.0 cm³/mol. The van der Waals surface area contributed by atoms with Crippen molar-refractivity contribution in [1.82, 2.24) is 4.90 Å². The van der Waals surface area contributed by atoms with Crippen molar-refractivity contribution in [2.75, 3.05) is 13.1 Å². The zero-order valence-corrected chi connectivity index (χ0v) is 10.5. The van der Waals surface area contributed by atoms with Crippen LogP contribution in [0.3, 0.4) is 0 Å². The van der Waals surface area contributed by atoms with E-state index in [2.05, 4.69) is 11.8 Å². The molecule has 1 fully saturated rings. The molecule has 1 saturated heterocycles. The summed E-state index contributed by atoms with van der Waals surface area (Å²) >= 11 is 0. The maximum Gasteiger partial charge on any atom is 0.338 e. The number of benzene rings is 1. The quantitative estimate of drug-likeness (QED) is 0.898. The van der Waals surface area contributed by atoms with E-state index in [1.54, 1.807) is 6.07 Å². The van der Waals surface area contributed by atoms with Crippen molar-refractivity contribution < 1.29 is 14.3 Å². The van der Waals surface area contributed by atoms with E-state index in [4.69, 9.17) is 5.11 Å². The minimum absolute atomic E-state index is 0.259. The molecule has 1 unspecified atom stereocenters. The Morgan fingerprint density at radius 2 is 2.33 bits per heavy atom. The second-order valence-electron chi connectivity index (χ2n) is 5.10. The Bertz CT molecular complexity index is 447. The van der Waals surface area contributed by atoms with Gasteiger partial charge in [-0.25, -0.2) is 9.18 Å². The van der Waals surface area contributed by atoms with Gasteiger partial charge >= 0.3 is 5.97 Å². The second-order valence-corrected chi connectivity index (χ2v) is 5.10. The summed E-state index contributed by atoms with van der Waals surface area (Å²) in [6, 6.07) is 4.38. The first-order valence-electron chi connectivity index (χ1n) is 6.30. The maximum absolute atomic E-state index is 13.5. The van der Waals surface area contributed by atoms with Gasteiger partial charge in [0.1, 0.15) is 5.82 Å². The highest BCUT2D eigenvalue weighted by molar-refractivity contribution is 5.87. The van der Waals surface area contributed by atoms with Gasteiger partial charge < -0.3 is 5.11 Å². The molecule has 18 heavy (non-hydrogen) atoms. The second kappa shape index (κ2) is 5.48. The summed E-state index contributed by atoms with van der Waals surface area (Å²) in [6.07, 6.45) is 2.43. The molecule has 4 heteroatoms. The van der Waals surface area contributed by atoms with Crippen molar-refractivity contribution in [2.24, 2.45) is 5.92 Å². The topological polar surface area (TPSA) is 40.5 Å². The molecule has 1 N–H and O–H groups in total. The first kappa shape index (κ1) is 13.0. The molecule has 2 rings (SSSR count). The first-order valence-corrected chi connectivity index (χ1v) is 6.30. The van der Waals surface area contributed by atoms with Gasteiger partial charge in [-0.3, -0.25) is 4.90 Å². The first-order chi connectivity index (χ1) is 8.56. The molecule has 0 radical (unpaired) electrons. The highest BCUT2D eigenvalue weighted by Gasteiger charge is 2.17. The van der Waals surface area contributed by atoms with E-state index in [0.717, 1.165) is 18.7 Å². The molecule has 0 aliphatic carbocycles. The Morgan fingerprint density at radius 1 is 1.56 bits per heavy atom. The SMILES string of the molecule is CC1CCCN(Cc2ccc(C(=O)O)c(F)c2)C1. The molecule has 3 nitrogen and oxygen atoms in total. The van der Waals surface area contributed by atoms with Crippen molar-refractivity contribution >= 4 is 5.97 Å². The van der Waals surface area contributed by atoms with E-state index in [1.165, 1.54) is 25.0 Å². The summed E-state index contributed by atoms with van der Waals surface area (Å²) < 4.78 is 13.5. The van der Waals surface area contributed by atoms with E-state index in [0.29, 0.717) is 12.5 Å². The Labute approximate surface area is 106 Å². The fraction of sp³-hybridized carbons (Fsp3) is 0.500. The number of piperidine rings is 1. The van der Waals surface area contributed by atoms with E-state index in [1.807, 2.05) is 0 Å². The number of aromatic carboxylic acids is 1. The fourth-order valence-electron chi connectivity index (χ4n) is 2.52. The average Bonchev–Trinajstić information content (AvgIpc) is 2.28. The molecule has 1 aromatic rings. The summed E-state index contributed by atoms with van der Waals surface area (Å²) in [5.74, 6) is -1.18. The standard InChI is InChI=1S/C14H18FNO2/c1-10-3-2-6-16(8-10)9-11-4-5-12(14(17)18)13(15)7-11/h4-5,7,10H,2-3,6,8-9H2,1H3,(H,17,18). The van der Waals surface area contributed by atoms with Crippen molar-refractivity contribution in [1.29, 1.82) is 0 Å². The van der Waals surface area contributed by atoms with Gasteiger partial charge in [0.2, 0.25) is 0 Å². The van der Waals surface area contributed by atoms with Crippen LogP contribution in [0.4, 0.5) is 4.39 Å². The molecule has 0 amide bonds. The lowest BCUT2D eigenvalue weighted by atomic mass is 9.99. The van der Waals surface area contributed by atoms with Crippen LogP contribution in [0.2, 0.25) is 0 Å². The van der Waals surface area contributed by atoms with Gasteiger partial charge in [-0.1, -0.05) is 13.0 Å². The van der Waals surface area contributed by atoms with Crippen LogP contribution in [0.5, 0.6) is 0 Å². The summed E-state index contributed by atoms with van der Waals surface area (Å²) in [6.45, 7) is 4.98. The summed E-state index contributed by atoms with van der Waals surface area (Å²) in [5.41, 5.74) is 0.581. The largest absolute Gasteiger partial charge is 0.478 e. The molecule has 0 bridgehead atoms. The number of carboxylic acid groups (broad SMARTS) is 1. The third-order valence-corrected chi connectivity index (χ3v) is 3.41. The lowest BCUT2D eigenvalue weighted by molar-refractivity contribution is 0.0692. The number of hydrogen-bond donors (Lipinski definition) is 1. The number of halogens is 1. The molecule has 1 heterocycles. The monoisotopic (exact) mass is 251 g/mol.